The van der Waals surface area contributed by atoms with Crippen molar-refractivity contribution in [2.24, 2.45) is 0 Å². The summed E-state index contributed by atoms with van der Waals surface area (Å²) in [6.45, 7) is 8.46. The first kappa shape index (κ1) is 27.8. The number of esters is 1. The van der Waals surface area contributed by atoms with E-state index in [0.29, 0.717) is 5.56 Å². The molecule has 4 nitrogen and oxygen atoms in total. The maximum atomic E-state index is 12.4. The second kappa shape index (κ2) is 11.8. The largest absolute Gasteiger partial charge is 0.465 e. The first-order valence-electron chi connectivity index (χ1n) is 13.2. The van der Waals surface area contributed by atoms with E-state index in [-0.39, 0.29) is 12.8 Å². The molecule has 200 valence electrons. The maximum Gasteiger partial charge on any atom is 0.338 e. The summed E-state index contributed by atoms with van der Waals surface area (Å²) >= 11 is 2.47. The van der Waals surface area contributed by atoms with Crippen molar-refractivity contribution in [1.82, 2.24) is 0 Å². The van der Waals surface area contributed by atoms with Gasteiger partial charge in [0.05, 0.1) is 12.7 Å². The number of hydrogen-bond donors (Lipinski definition) is 0. The Morgan fingerprint density at radius 2 is 1.43 bits per heavy atom. The van der Waals surface area contributed by atoms with E-state index in [1.54, 1.807) is 0 Å². The lowest BCUT2D eigenvalue weighted by atomic mass is 9.50. The second-order valence-electron chi connectivity index (χ2n) is 10.1. The highest BCUT2D eigenvalue weighted by molar-refractivity contribution is 14.1. The molecule has 0 aliphatic carbocycles. The van der Waals surface area contributed by atoms with Crippen LogP contribution in [0.15, 0.2) is 101 Å². The molecule has 1 aliphatic heterocycles. The molecule has 4 aromatic carbocycles. The fraction of sp³-hybridized carbons (Fsp3) is 0.147. The molecule has 0 aromatic heterocycles. The standard InChI is InChI=1S/C34H31BINO3/c1-22-19-24(3)33(25(4)20-22)35-32(36)18-17-31(37(35)27-13-16-30(23(2)21-27)34(38)39-5)26-11-14-29(15-12-26)40-28-9-7-6-8-10-28/h6-21H,1-5H3. The van der Waals surface area contributed by atoms with Crippen molar-refractivity contribution in [2.75, 3.05) is 11.9 Å². The molecule has 0 saturated heterocycles. The molecule has 0 fully saturated rings. The molecule has 0 bridgehead atoms. The van der Waals surface area contributed by atoms with E-state index >= 15 is 0 Å². The predicted octanol–water partition coefficient (Wildman–Crippen LogP) is 8.12. The zero-order chi connectivity index (χ0) is 28.4. The highest BCUT2D eigenvalue weighted by Crippen LogP contribution is 2.37. The molecule has 0 N–H and O–H groups in total. The third kappa shape index (κ3) is 5.59. The minimum Gasteiger partial charge on any atom is -0.465 e. The van der Waals surface area contributed by atoms with Crippen LogP contribution in [0.2, 0.25) is 0 Å². The topological polar surface area (TPSA) is 38.8 Å². The zero-order valence-corrected chi connectivity index (χ0v) is 25.5. The lowest BCUT2D eigenvalue weighted by molar-refractivity contribution is 0.0600. The summed E-state index contributed by atoms with van der Waals surface area (Å²) in [6, 6.07) is 28.5. The van der Waals surface area contributed by atoms with Crippen molar-refractivity contribution in [3.05, 3.63) is 134 Å². The van der Waals surface area contributed by atoms with Crippen LogP contribution in [0.25, 0.3) is 5.70 Å². The van der Waals surface area contributed by atoms with Gasteiger partial charge in [-0.15, -0.1) is 0 Å². The van der Waals surface area contributed by atoms with E-state index in [2.05, 4.69) is 90.7 Å². The predicted molar refractivity (Wildman–Crippen MR) is 174 cm³/mol. The van der Waals surface area contributed by atoms with Gasteiger partial charge in [0.25, 0.3) is 0 Å². The van der Waals surface area contributed by atoms with Crippen LogP contribution >= 0.6 is 22.6 Å². The summed E-state index contributed by atoms with van der Waals surface area (Å²) in [5.74, 6) is 1.25. The molecular weight excluding hydrogens is 608 g/mol. The first-order valence-corrected chi connectivity index (χ1v) is 14.3. The third-order valence-corrected chi connectivity index (χ3v) is 8.16. The van der Waals surface area contributed by atoms with E-state index in [0.717, 1.165) is 34.0 Å². The van der Waals surface area contributed by atoms with Gasteiger partial charge in [0.15, 0.2) is 0 Å². The number of hydrogen-bond acceptors (Lipinski definition) is 4. The Labute approximate surface area is 250 Å². The number of carbonyl (C=O) groups is 1. The van der Waals surface area contributed by atoms with Crippen LogP contribution in [-0.2, 0) is 4.74 Å². The minimum absolute atomic E-state index is 0.0233. The Balaban J connectivity index is 1.62. The molecular formula is C34H31BINO3. The molecule has 0 spiro atoms. The van der Waals surface area contributed by atoms with Gasteiger partial charge in [0, 0.05) is 11.4 Å². The van der Waals surface area contributed by atoms with Gasteiger partial charge < -0.3 is 14.3 Å². The van der Waals surface area contributed by atoms with Crippen LogP contribution in [0.1, 0.15) is 38.2 Å². The molecule has 6 heteroatoms. The number of ether oxygens (including phenoxy) is 2. The van der Waals surface area contributed by atoms with Crippen LogP contribution < -0.4 is 15.0 Å². The summed E-state index contributed by atoms with van der Waals surface area (Å²) in [4.78, 5) is 14.7. The van der Waals surface area contributed by atoms with Crippen molar-refractivity contribution in [1.29, 1.82) is 0 Å². The van der Waals surface area contributed by atoms with Crippen molar-refractivity contribution < 1.29 is 14.3 Å². The average molecular weight is 639 g/mol. The summed E-state index contributed by atoms with van der Waals surface area (Å²) in [5.41, 5.74) is 9.64. The molecule has 0 unspecified atom stereocenters. The van der Waals surface area contributed by atoms with E-state index in [9.17, 15) is 4.79 Å². The normalized spacial score (nSPS) is 13.1. The summed E-state index contributed by atoms with van der Waals surface area (Å²) in [7, 11) is 1.42. The highest BCUT2D eigenvalue weighted by atomic mass is 127. The number of rotatable bonds is 6. The van der Waals surface area contributed by atoms with E-state index < -0.39 is 0 Å². The van der Waals surface area contributed by atoms with Crippen molar-refractivity contribution in [3.63, 3.8) is 0 Å². The van der Waals surface area contributed by atoms with Crippen molar-refractivity contribution >= 4 is 52.3 Å². The van der Waals surface area contributed by atoms with Gasteiger partial charge >= 0.3 is 12.8 Å². The van der Waals surface area contributed by atoms with Crippen LogP contribution in [0.4, 0.5) is 5.69 Å². The molecule has 0 atom stereocenters. The molecule has 0 amide bonds. The Hall–Kier alpha value is -3.78. The van der Waals surface area contributed by atoms with Gasteiger partial charge in [-0.2, -0.15) is 0 Å². The monoisotopic (exact) mass is 639 g/mol. The number of aryl methyl sites for hydroxylation is 4. The number of methoxy groups -OCH3 is 1. The molecule has 5 rings (SSSR count). The highest BCUT2D eigenvalue weighted by Gasteiger charge is 2.36. The van der Waals surface area contributed by atoms with Crippen LogP contribution in [0, 0.1) is 27.7 Å². The quantitative estimate of drug-likeness (QED) is 0.121. The van der Waals surface area contributed by atoms with Gasteiger partial charge in [-0.3, -0.25) is 0 Å². The van der Waals surface area contributed by atoms with E-state index in [1.807, 2.05) is 61.5 Å². The first-order chi connectivity index (χ1) is 19.3. The van der Waals surface area contributed by atoms with Crippen LogP contribution in [0.3, 0.4) is 0 Å². The average Bonchev–Trinajstić information content (AvgIpc) is 2.94. The van der Waals surface area contributed by atoms with Gasteiger partial charge in [0.1, 0.15) is 11.5 Å². The van der Waals surface area contributed by atoms with Gasteiger partial charge in [0.2, 0.25) is 0 Å². The minimum atomic E-state index is -0.330. The summed E-state index contributed by atoms with van der Waals surface area (Å²) in [6.07, 6.45) is 4.38. The molecule has 1 heterocycles. The van der Waals surface area contributed by atoms with Crippen molar-refractivity contribution in [3.8, 4) is 11.5 Å². The second-order valence-corrected chi connectivity index (χ2v) is 11.4. The molecule has 40 heavy (non-hydrogen) atoms. The number of anilines is 1. The van der Waals surface area contributed by atoms with E-state index in [1.165, 1.54) is 32.7 Å². The van der Waals surface area contributed by atoms with E-state index in [4.69, 9.17) is 9.47 Å². The van der Waals surface area contributed by atoms with Crippen molar-refractivity contribution in [2.45, 2.75) is 27.7 Å². The third-order valence-electron chi connectivity index (χ3n) is 7.21. The SMILES string of the molecule is COC(=O)c1ccc(N2B(c3c(C)cc(C)cc3C)C(I)=CC=C2c2ccc(Oc3ccccc3)cc2)cc1C. The van der Waals surface area contributed by atoms with Crippen LogP contribution in [-0.4, -0.2) is 19.9 Å². The molecule has 0 saturated carbocycles. The number of carbonyl (C=O) groups excluding carboxylic acids is 1. The lowest BCUT2D eigenvalue weighted by Crippen LogP contribution is -2.51. The van der Waals surface area contributed by atoms with Gasteiger partial charge in [-0.05, 0) is 108 Å². The smallest absolute Gasteiger partial charge is 0.338 e. The summed E-state index contributed by atoms with van der Waals surface area (Å²) in [5, 5.41) is 0. The number of para-hydroxylation sites is 1. The lowest BCUT2D eigenvalue weighted by Gasteiger charge is -2.38. The van der Waals surface area contributed by atoms with Crippen LogP contribution in [0.5, 0.6) is 11.5 Å². The molecule has 0 radical (unpaired) electrons. The van der Waals surface area contributed by atoms with Gasteiger partial charge in [-0.25, -0.2) is 4.79 Å². The Kier molecular flexibility index (Phi) is 8.17. The Morgan fingerprint density at radius 3 is 2.05 bits per heavy atom. The number of halogens is 1. The fourth-order valence-corrected chi connectivity index (χ4v) is 6.23. The number of benzene rings is 4. The Morgan fingerprint density at radius 1 is 0.775 bits per heavy atom. The molecule has 1 aliphatic rings. The number of allylic oxidation sites excluding steroid dienone is 2. The summed E-state index contributed by atoms with van der Waals surface area (Å²) < 4.78 is 12.3. The zero-order valence-electron chi connectivity index (χ0n) is 23.4. The Bertz CT molecular complexity index is 1600. The van der Waals surface area contributed by atoms with Gasteiger partial charge in [-0.1, -0.05) is 75.7 Å². The fourth-order valence-electron chi connectivity index (χ4n) is 5.46. The maximum absolute atomic E-state index is 12.4. The molecule has 4 aromatic rings. The number of nitrogens with zero attached hydrogens (tertiary/aromatic N) is 1.